The van der Waals surface area contributed by atoms with Crippen LogP contribution in [0.25, 0.3) is 6.08 Å². The number of rotatable bonds is 11. The molecule has 0 aliphatic carbocycles. The summed E-state index contributed by atoms with van der Waals surface area (Å²) in [6.07, 6.45) is 2.87. The van der Waals surface area contributed by atoms with Crippen molar-refractivity contribution in [1.29, 1.82) is 0 Å². The number of carbonyl (C=O) groups is 2. The highest BCUT2D eigenvalue weighted by Crippen LogP contribution is 2.41. The Hall–Kier alpha value is -2.85. The van der Waals surface area contributed by atoms with Crippen molar-refractivity contribution in [3.8, 4) is 23.0 Å². The molecule has 6 nitrogen and oxygen atoms in total. The van der Waals surface area contributed by atoms with Crippen molar-refractivity contribution in [3.05, 3.63) is 53.6 Å². The Kier molecular flexibility index (Phi) is 10.1. The number of Topliss-reactive ketones (excluding diaryl/α,β-unsaturated/α-hetero) is 1. The van der Waals surface area contributed by atoms with Crippen molar-refractivity contribution >= 4 is 34.3 Å². The molecule has 0 aliphatic rings. The Bertz CT molecular complexity index is 1220. The molecule has 214 valence electrons. The van der Waals surface area contributed by atoms with E-state index in [1.165, 1.54) is 6.08 Å². The molecule has 0 atom stereocenters. The summed E-state index contributed by atoms with van der Waals surface area (Å²) in [5.41, 5.74) is 1.19. The van der Waals surface area contributed by atoms with Crippen molar-refractivity contribution in [1.82, 2.24) is 0 Å². The van der Waals surface area contributed by atoms with E-state index in [9.17, 15) is 9.59 Å². The second-order valence-corrected chi connectivity index (χ2v) is 22.3. The van der Waals surface area contributed by atoms with Crippen LogP contribution in [0.3, 0.4) is 0 Å². The molecule has 2 aromatic carbocycles. The second-order valence-electron chi connectivity index (χ2n) is 12.9. The predicted octanol–water partition coefficient (Wildman–Crippen LogP) is 8.33. The van der Waals surface area contributed by atoms with E-state index in [1.807, 2.05) is 18.2 Å². The maximum Gasteiger partial charge on any atom is 0.250 e. The molecule has 0 saturated carbocycles. The van der Waals surface area contributed by atoms with E-state index in [1.54, 1.807) is 38.5 Å². The predicted molar refractivity (Wildman–Crippen MR) is 165 cm³/mol. The molecule has 0 saturated heterocycles. The monoisotopic (exact) mass is 570 g/mol. The molecule has 2 aromatic rings. The summed E-state index contributed by atoms with van der Waals surface area (Å²) in [6.45, 7) is 21.7. The normalized spacial score (nSPS) is 12.8. The lowest BCUT2D eigenvalue weighted by Gasteiger charge is -2.36. The number of carbonyl (C=O) groups excluding carboxylic acids is 2. The molecular formula is C31H46O6Si2. The molecular weight excluding hydrogens is 525 g/mol. The summed E-state index contributed by atoms with van der Waals surface area (Å²) in [7, 11) is -0.967. The van der Waals surface area contributed by atoms with E-state index < -0.39 is 16.6 Å². The van der Waals surface area contributed by atoms with Crippen LogP contribution >= 0.6 is 0 Å². The maximum absolute atomic E-state index is 12.9. The summed E-state index contributed by atoms with van der Waals surface area (Å²) >= 11 is 0. The summed E-state index contributed by atoms with van der Waals surface area (Å²) < 4.78 is 23.8. The first kappa shape index (κ1) is 32.4. The van der Waals surface area contributed by atoms with E-state index in [0.717, 1.165) is 5.56 Å². The average Bonchev–Trinajstić information content (AvgIpc) is 2.81. The summed E-state index contributed by atoms with van der Waals surface area (Å²) in [6, 6.07) is 10.7. The van der Waals surface area contributed by atoms with Gasteiger partial charge in [0.15, 0.2) is 23.1 Å². The number of methoxy groups -OCH3 is 2. The Labute approximate surface area is 237 Å². The number of ether oxygens (including phenoxy) is 2. The third kappa shape index (κ3) is 8.32. The quantitative estimate of drug-likeness (QED) is 0.117. The molecule has 0 fully saturated rings. The maximum atomic E-state index is 12.9. The Morgan fingerprint density at radius 1 is 0.718 bits per heavy atom. The molecule has 0 spiro atoms. The third-order valence-corrected chi connectivity index (χ3v) is 16.5. The van der Waals surface area contributed by atoms with Gasteiger partial charge in [0.1, 0.15) is 11.5 Å². The van der Waals surface area contributed by atoms with Gasteiger partial charge in [-0.15, -0.1) is 0 Å². The molecule has 0 unspecified atom stereocenters. The fraction of sp³-hybridized carbons (Fsp3) is 0.484. The average molecular weight is 571 g/mol. The fourth-order valence-corrected chi connectivity index (χ4v) is 5.21. The zero-order valence-electron chi connectivity index (χ0n) is 25.8. The van der Waals surface area contributed by atoms with Crippen LogP contribution in [0.2, 0.25) is 36.3 Å². The van der Waals surface area contributed by atoms with Crippen molar-refractivity contribution in [2.45, 2.75) is 84.2 Å². The van der Waals surface area contributed by atoms with Crippen LogP contribution in [-0.2, 0) is 4.79 Å². The highest BCUT2D eigenvalue weighted by molar-refractivity contribution is 6.75. The standard InChI is InChI=1S/C31H46O6Si2/c1-30(2,3)38(9,10)36-26-17-14-22(19-28(26)34-7)13-16-24(32)21-25(33)23-15-18-27(29(20-23)35-8)37-39(11,12)31(4,5)6/h13-20H,21H2,1-12H3. The Balaban J connectivity index is 2.13. The topological polar surface area (TPSA) is 71.1 Å². The minimum Gasteiger partial charge on any atom is -0.541 e. The molecule has 0 amide bonds. The van der Waals surface area contributed by atoms with E-state index in [0.29, 0.717) is 28.6 Å². The first-order valence-electron chi connectivity index (χ1n) is 13.3. The lowest BCUT2D eigenvalue weighted by molar-refractivity contribution is -0.113. The van der Waals surface area contributed by atoms with Crippen LogP contribution in [0, 0.1) is 0 Å². The first-order chi connectivity index (χ1) is 17.8. The molecule has 0 aromatic heterocycles. The number of hydrogen-bond donors (Lipinski definition) is 0. The number of ketones is 2. The molecule has 8 heteroatoms. The van der Waals surface area contributed by atoms with Gasteiger partial charge in [-0.3, -0.25) is 9.59 Å². The zero-order valence-corrected chi connectivity index (χ0v) is 27.8. The van der Waals surface area contributed by atoms with Gasteiger partial charge >= 0.3 is 0 Å². The van der Waals surface area contributed by atoms with Gasteiger partial charge in [0.2, 0.25) is 0 Å². The third-order valence-electron chi connectivity index (χ3n) is 7.81. The van der Waals surface area contributed by atoms with Crippen molar-refractivity contribution in [3.63, 3.8) is 0 Å². The summed E-state index contributed by atoms with van der Waals surface area (Å²) in [4.78, 5) is 25.5. The number of hydrogen-bond acceptors (Lipinski definition) is 6. The van der Waals surface area contributed by atoms with E-state index in [-0.39, 0.29) is 28.1 Å². The minimum absolute atomic E-state index is 0.0212. The van der Waals surface area contributed by atoms with Crippen molar-refractivity contribution < 1.29 is 27.9 Å². The number of allylic oxidation sites excluding steroid dienone is 1. The van der Waals surface area contributed by atoms with E-state index >= 15 is 0 Å². The SMILES string of the molecule is COc1cc(C=CC(=O)CC(=O)c2ccc(O[Si](C)(C)C(C)(C)C)c(OC)c2)ccc1O[Si](C)(C)C(C)(C)C. The van der Waals surface area contributed by atoms with Crippen LogP contribution in [0.4, 0.5) is 0 Å². The van der Waals surface area contributed by atoms with Crippen LogP contribution in [0.1, 0.15) is 63.9 Å². The van der Waals surface area contributed by atoms with Gasteiger partial charge in [-0.05, 0) is 78.2 Å². The molecule has 0 N–H and O–H groups in total. The van der Waals surface area contributed by atoms with Crippen molar-refractivity contribution in [2.75, 3.05) is 14.2 Å². The highest BCUT2D eigenvalue weighted by atomic mass is 28.4. The Morgan fingerprint density at radius 2 is 1.18 bits per heavy atom. The van der Waals surface area contributed by atoms with Gasteiger partial charge in [0.05, 0.1) is 20.6 Å². The molecule has 2 rings (SSSR count). The number of benzene rings is 2. The lowest BCUT2D eigenvalue weighted by atomic mass is 10.0. The summed E-state index contributed by atoms with van der Waals surface area (Å²) in [5, 5.41) is 0.0744. The first-order valence-corrected chi connectivity index (χ1v) is 19.1. The molecule has 0 radical (unpaired) electrons. The fourth-order valence-electron chi connectivity index (χ4n) is 3.16. The molecule has 0 aliphatic heterocycles. The minimum atomic E-state index is -2.08. The van der Waals surface area contributed by atoms with E-state index in [4.69, 9.17) is 18.3 Å². The zero-order chi connectivity index (χ0) is 29.8. The molecule has 0 heterocycles. The van der Waals surface area contributed by atoms with Crippen LogP contribution in [-0.4, -0.2) is 42.4 Å². The highest BCUT2D eigenvalue weighted by Gasteiger charge is 2.40. The van der Waals surface area contributed by atoms with Crippen LogP contribution in [0.15, 0.2) is 42.5 Å². The second kappa shape index (κ2) is 12.1. The van der Waals surface area contributed by atoms with Gasteiger partial charge in [0.25, 0.3) is 16.6 Å². The lowest BCUT2D eigenvalue weighted by Crippen LogP contribution is -2.43. The molecule has 0 bridgehead atoms. The van der Waals surface area contributed by atoms with Gasteiger partial charge in [-0.25, -0.2) is 0 Å². The van der Waals surface area contributed by atoms with Gasteiger partial charge in [0, 0.05) is 5.56 Å². The van der Waals surface area contributed by atoms with Crippen LogP contribution in [0.5, 0.6) is 23.0 Å². The Morgan fingerprint density at radius 3 is 1.64 bits per heavy atom. The van der Waals surface area contributed by atoms with Gasteiger partial charge < -0.3 is 18.3 Å². The van der Waals surface area contributed by atoms with Gasteiger partial charge in [-0.1, -0.05) is 53.7 Å². The van der Waals surface area contributed by atoms with Crippen LogP contribution < -0.4 is 18.3 Å². The summed E-state index contributed by atoms with van der Waals surface area (Å²) in [5.74, 6) is 1.83. The van der Waals surface area contributed by atoms with Crippen molar-refractivity contribution in [2.24, 2.45) is 0 Å². The van der Waals surface area contributed by atoms with E-state index in [2.05, 4.69) is 67.7 Å². The van der Waals surface area contributed by atoms with Gasteiger partial charge in [-0.2, -0.15) is 0 Å². The molecule has 39 heavy (non-hydrogen) atoms. The largest absolute Gasteiger partial charge is 0.541 e. The smallest absolute Gasteiger partial charge is 0.250 e.